The van der Waals surface area contributed by atoms with Crippen LogP contribution in [0.1, 0.15) is 92.8 Å². The maximum absolute atomic E-state index is 13.7. The largest absolute Gasteiger partial charge is 0.348 e. The summed E-state index contributed by atoms with van der Waals surface area (Å²) in [5.41, 5.74) is 2.65. The Labute approximate surface area is 262 Å². The van der Waals surface area contributed by atoms with E-state index in [9.17, 15) is 9.59 Å². The molecule has 0 saturated carbocycles. The van der Waals surface area contributed by atoms with Crippen molar-refractivity contribution in [1.82, 2.24) is 30.8 Å². The molecule has 4 rings (SSSR count). The fourth-order valence-electron chi connectivity index (χ4n) is 5.67. The van der Waals surface area contributed by atoms with Gasteiger partial charge in [0, 0.05) is 24.5 Å². The topological polar surface area (TPSA) is 102 Å². The van der Waals surface area contributed by atoms with Crippen molar-refractivity contribution in [2.75, 3.05) is 19.6 Å². The van der Waals surface area contributed by atoms with Crippen molar-refractivity contribution in [1.29, 1.82) is 0 Å². The minimum Gasteiger partial charge on any atom is -0.348 e. The number of imidazole rings is 1. The van der Waals surface area contributed by atoms with E-state index >= 15 is 0 Å². The Balaban J connectivity index is 1.42. The highest BCUT2D eigenvalue weighted by molar-refractivity contribution is 5.97. The number of hydrogen-bond acceptors (Lipinski definition) is 5. The number of carbonyl (C=O) groups is 2. The lowest BCUT2D eigenvalue weighted by Gasteiger charge is -2.25. The van der Waals surface area contributed by atoms with E-state index in [1.165, 1.54) is 0 Å². The summed E-state index contributed by atoms with van der Waals surface area (Å²) in [6.45, 7) is 12.1. The average molecular weight is 597 g/mol. The van der Waals surface area contributed by atoms with Crippen LogP contribution in [0, 0.1) is 0 Å². The predicted molar refractivity (Wildman–Crippen MR) is 178 cm³/mol. The van der Waals surface area contributed by atoms with Gasteiger partial charge in [-0.3, -0.25) is 9.59 Å². The molecule has 1 aromatic heterocycles. The SMILES string of the molecule is CCCN(CCC)CCC[C@H](NC(=O)c1ccc(CNC(C)c2ncc[nH]2)cc1)C(=O)N[C@@H](C)c1cccc2ccccc12. The van der Waals surface area contributed by atoms with Crippen molar-refractivity contribution in [3.63, 3.8) is 0 Å². The first-order valence-electron chi connectivity index (χ1n) is 16.0. The number of hydrogen-bond donors (Lipinski definition) is 4. The molecular weight excluding hydrogens is 548 g/mol. The van der Waals surface area contributed by atoms with Gasteiger partial charge in [0.2, 0.25) is 5.91 Å². The van der Waals surface area contributed by atoms with Crippen LogP contribution < -0.4 is 16.0 Å². The zero-order valence-electron chi connectivity index (χ0n) is 26.6. The molecule has 4 N–H and O–H groups in total. The third kappa shape index (κ3) is 9.24. The zero-order valence-corrected chi connectivity index (χ0v) is 26.6. The molecule has 0 aliphatic carbocycles. The smallest absolute Gasteiger partial charge is 0.251 e. The van der Waals surface area contributed by atoms with Gasteiger partial charge >= 0.3 is 0 Å². The Kier molecular flexibility index (Phi) is 12.5. The number of aromatic amines is 1. The lowest BCUT2D eigenvalue weighted by atomic mass is 9.99. The quantitative estimate of drug-likeness (QED) is 0.115. The van der Waals surface area contributed by atoms with Crippen LogP contribution in [0.25, 0.3) is 10.8 Å². The first-order chi connectivity index (χ1) is 21.4. The fraction of sp³-hybridized carbons (Fsp3) is 0.417. The highest BCUT2D eigenvalue weighted by Gasteiger charge is 2.24. The van der Waals surface area contributed by atoms with Crippen molar-refractivity contribution in [2.45, 2.75) is 78.0 Å². The molecule has 8 heteroatoms. The summed E-state index contributed by atoms with van der Waals surface area (Å²) >= 11 is 0. The summed E-state index contributed by atoms with van der Waals surface area (Å²) in [7, 11) is 0. The second-order valence-corrected chi connectivity index (χ2v) is 11.6. The van der Waals surface area contributed by atoms with Gasteiger partial charge in [-0.25, -0.2) is 4.98 Å². The number of H-pyrrole nitrogens is 1. The molecule has 0 radical (unpaired) electrons. The molecule has 3 atom stereocenters. The molecule has 0 fully saturated rings. The van der Waals surface area contributed by atoms with Crippen molar-refractivity contribution in [3.8, 4) is 0 Å². The molecule has 1 unspecified atom stereocenters. The minimum atomic E-state index is -0.638. The third-order valence-corrected chi connectivity index (χ3v) is 8.08. The van der Waals surface area contributed by atoms with Crippen LogP contribution in [0.5, 0.6) is 0 Å². The van der Waals surface area contributed by atoms with Crippen LogP contribution in [0.3, 0.4) is 0 Å². The Morgan fingerprint density at radius 2 is 1.59 bits per heavy atom. The van der Waals surface area contributed by atoms with Crippen LogP contribution in [0.4, 0.5) is 0 Å². The number of benzene rings is 3. The lowest BCUT2D eigenvalue weighted by molar-refractivity contribution is -0.123. The molecule has 3 aromatic carbocycles. The molecule has 4 aromatic rings. The summed E-state index contributed by atoms with van der Waals surface area (Å²) in [6.07, 6.45) is 7.12. The number of fused-ring (bicyclic) bond motifs is 1. The first-order valence-corrected chi connectivity index (χ1v) is 16.0. The van der Waals surface area contributed by atoms with E-state index in [4.69, 9.17) is 0 Å². The van der Waals surface area contributed by atoms with Gasteiger partial charge in [-0.05, 0) is 93.2 Å². The highest BCUT2D eigenvalue weighted by atomic mass is 16.2. The lowest BCUT2D eigenvalue weighted by Crippen LogP contribution is -2.47. The van der Waals surface area contributed by atoms with E-state index in [0.717, 1.165) is 66.6 Å². The number of nitrogens with zero attached hydrogens (tertiary/aromatic N) is 2. The van der Waals surface area contributed by atoms with Crippen molar-refractivity contribution in [2.24, 2.45) is 0 Å². The molecular formula is C36H48N6O2. The van der Waals surface area contributed by atoms with Gasteiger partial charge in [-0.2, -0.15) is 0 Å². The van der Waals surface area contributed by atoms with Gasteiger partial charge in [-0.1, -0.05) is 68.4 Å². The Morgan fingerprint density at radius 3 is 2.30 bits per heavy atom. The molecule has 0 bridgehead atoms. The number of rotatable bonds is 17. The number of nitrogens with one attached hydrogen (secondary N) is 4. The first kappa shape index (κ1) is 32.9. The van der Waals surface area contributed by atoms with Crippen LogP contribution in [0.2, 0.25) is 0 Å². The maximum atomic E-state index is 13.7. The zero-order chi connectivity index (χ0) is 31.3. The molecule has 234 valence electrons. The van der Waals surface area contributed by atoms with Gasteiger partial charge in [0.25, 0.3) is 5.91 Å². The van der Waals surface area contributed by atoms with E-state index in [0.29, 0.717) is 18.5 Å². The molecule has 1 heterocycles. The Morgan fingerprint density at radius 1 is 0.864 bits per heavy atom. The Bertz CT molecular complexity index is 1440. The van der Waals surface area contributed by atoms with E-state index in [1.807, 2.05) is 55.6 Å². The van der Waals surface area contributed by atoms with E-state index in [2.05, 4.69) is 75.9 Å². The molecule has 0 aliphatic rings. The van der Waals surface area contributed by atoms with Crippen LogP contribution in [0.15, 0.2) is 79.1 Å². The normalized spacial score (nSPS) is 13.5. The monoisotopic (exact) mass is 596 g/mol. The van der Waals surface area contributed by atoms with E-state index in [1.54, 1.807) is 6.20 Å². The molecule has 2 amide bonds. The second-order valence-electron chi connectivity index (χ2n) is 11.6. The standard InChI is InChI=1S/C36H48N6O2/c1-5-22-42(23-6-2)24-10-15-33(36(44)40-26(3)31-14-9-12-29-11-7-8-13-32(29)31)41-35(43)30-18-16-28(17-19-30)25-39-27(4)34-37-20-21-38-34/h7-9,11-14,16-21,26-27,33,39H,5-6,10,15,22-25H2,1-4H3,(H,37,38)(H,40,44)(H,41,43)/t26-,27?,33-/m0/s1. The van der Waals surface area contributed by atoms with Crippen molar-refractivity contribution >= 4 is 22.6 Å². The molecule has 0 saturated heterocycles. The van der Waals surface area contributed by atoms with Gasteiger partial charge < -0.3 is 25.8 Å². The minimum absolute atomic E-state index is 0.0779. The van der Waals surface area contributed by atoms with Crippen LogP contribution in [-0.2, 0) is 11.3 Å². The molecule has 0 aliphatic heterocycles. The highest BCUT2D eigenvalue weighted by Crippen LogP contribution is 2.24. The summed E-state index contributed by atoms with van der Waals surface area (Å²) in [5.74, 6) is 0.474. The van der Waals surface area contributed by atoms with Crippen LogP contribution >= 0.6 is 0 Å². The average Bonchev–Trinajstić information content (AvgIpc) is 3.58. The third-order valence-electron chi connectivity index (χ3n) is 8.08. The summed E-state index contributed by atoms with van der Waals surface area (Å²) in [4.78, 5) is 37.0. The fourth-order valence-corrected chi connectivity index (χ4v) is 5.67. The van der Waals surface area contributed by atoms with Crippen molar-refractivity contribution < 1.29 is 9.59 Å². The molecule has 8 nitrogen and oxygen atoms in total. The number of carbonyl (C=O) groups excluding carboxylic acids is 2. The summed E-state index contributed by atoms with van der Waals surface area (Å²) < 4.78 is 0. The van der Waals surface area contributed by atoms with Crippen LogP contribution in [-0.4, -0.2) is 52.4 Å². The maximum Gasteiger partial charge on any atom is 0.251 e. The number of aromatic nitrogens is 2. The van der Waals surface area contributed by atoms with Crippen molar-refractivity contribution in [3.05, 3.63) is 102 Å². The van der Waals surface area contributed by atoms with Gasteiger partial charge in [0.05, 0.1) is 12.1 Å². The Hall–Kier alpha value is -4.01. The number of amides is 2. The summed E-state index contributed by atoms with van der Waals surface area (Å²) in [5, 5.41) is 11.9. The molecule has 44 heavy (non-hydrogen) atoms. The van der Waals surface area contributed by atoms with E-state index in [-0.39, 0.29) is 23.9 Å². The predicted octanol–water partition coefficient (Wildman–Crippen LogP) is 6.29. The second kappa shape index (κ2) is 16.7. The van der Waals surface area contributed by atoms with Gasteiger partial charge in [-0.15, -0.1) is 0 Å². The van der Waals surface area contributed by atoms with Gasteiger partial charge in [0.15, 0.2) is 0 Å². The summed E-state index contributed by atoms with van der Waals surface area (Å²) in [6, 6.07) is 21.1. The van der Waals surface area contributed by atoms with Gasteiger partial charge in [0.1, 0.15) is 11.9 Å². The molecule has 0 spiro atoms. The van der Waals surface area contributed by atoms with E-state index < -0.39 is 6.04 Å².